The molecule has 32 atom stereocenters. The molecule has 10 aliphatic rings. The zero-order valence-electron chi connectivity index (χ0n) is 49.0. The molecule has 83 heavy (non-hydrogen) atoms. The minimum absolute atomic E-state index is 0.129. The van der Waals surface area contributed by atoms with Gasteiger partial charge in [-0.3, -0.25) is 4.79 Å². The van der Waals surface area contributed by atoms with E-state index in [0.717, 1.165) is 24.8 Å². The monoisotopic (exact) mass is 1190 g/mol. The molecule has 14 N–H and O–H groups in total. The Bertz CT molecular complexity index is 2330. The fraction of sp³-hybridized carbons (Fsp3) is 0.948. The largest absolute Gasteiger partial charge is 0.432 e. The maximum absolute atomic E-state index is 15.4. The minimum Gasteiger partial charge on any atom is -0.432 e. The topological polar surface area (TPSA) is 393 Å². The van der Waals surface area contributed by atoms with Crippen molar-refractivity contribution in [3.63, 3.8) is 0 Å². The van der Waals surface area contributed by atoms with Gasteiger partial charge in [-0.2, -0.15) is 0 Å². The lowest BCUT2D eigenvalue weighted by Gasteiger charge is -2.71. The number of rotatable bonds is 11. The Hall–Kier alpha value is -1.71. The third kappa shape index (κ3) is 10.6. The summed E-state index contributed by atoms with van der Waals surface area (Å²) in [5, 5.41) is 152. The van der Waals surface area contributed by atoms with E-state index in [9.17, 15) is 71.5 Å². The standard InChI is InChI=1S/C58H94O25/c1-23-44(80-47-40(69)34(63)27(60)21-74-47)38(67)42(71)48(76-23)79-33-13-14-55(7)30(54(33,5)6)12-15-56(8)31(55)11-10-25-26-18-53(3,4)16-17-58(26,32(62)19-57(25,56)9)52(73)83-51-46(35(64)28(61)22-75-51)82-49-43(72)39(68)45(24(2)77-49)81-50-41(70)37(66)36(65)29(20-59)78-50/h10,23-24,26-51,59-72H,11-22H2,1-9H3/t23-,24-,26?,27?,28?,29?,30?,31?,32?,33?,34?,35+,36?,37?,38?,39?,40+,41?,42?,43?,44-,45-,46-,47?,48?,49?,50+,51?,55-,56-,57-,58+/m0/s1. The van der Waals surface area contributed by atoms with Crippen molar-refractivity contribution in [3.8, 4) is 0 Å². The number of allylic oxidation sites excluding steroid dienone is 2. The van der Waals surface area contributed by atoms with Crippen LogP contribution in [0.1, 0.15) is 120 Å². The summed E-state index contributed by atoms with van der Waals surface area (Å²) in [6.07, 6.45) is -29.2. The summed E-state index contributed by atoms with van der Waals surface area (Å²) < 4.78 is 59.6. The minimum atomic E-state index is -1.93. The van der Waals surface area contributed by atoms with Gasteiger partial charge in [-0.15, -0.1) is 0 Å². The molecule has 0 aromatic carbocycles. The van der Waals surface area contributed by atoms with E-state index in [1.165, 1.54) is 6.92 Å². The van der Waals surface area contributed by atoms with Crippen molar-refractivity contribution >= 4 is 5.97 Å². The highest BCUT2D eigenvalue weighted by molar-refractivity contribution is 5.80. The number of esters is 1. The molecule has 0 aromatic heterocycles. The lowest BCUT2D eigenvalue weighted by molar-refractivity contribution is -0.374. The number of hydrogen-bond acceptors (Lipinski definition) is 25. The van der Waals surface area contributed by atoms with Gasteiger partial charge in [-0.25, -0.2) is 0 Å². The third-order valence-electron chi connectivity index (χ3n) is 22.7. The normalized spacial score (nSPS) is 55.1. The number of aliphatic hydroxyl groups is 14. The molecule has 0 radical (unpaired) electrons. The van der Waals surface area contributed by atoms with Crippen molar-refractivity contribution in [2.75, 3.05) is 19.8 Å². The predicted octanol–water partition coefficient (Wildman–Crippen LogP) is -1.91. The molecule has 5 aliphatic carbocycles. The molecule has 25 nitrogen and oxygen atoms in total. The van der Waals surface area contributed by atoms with Crippen molar-refractivity contribution in [1.82, 2.24) is 0 Å². The van der Waals surface area contributed by atoms with Crippen LogP contribution in [0, 0.1) is 50.2 Å². The van der Waals surface area contributed by atoms with Crippen molar-refractivity contribution in [2.45, 2.75) is 274 Å². The maximum Gasteiger partial charge on any atom is 0.317 e. The van der Waals surface area contributed by atoms with Gasteiger partial charge in [0.25, 0.3) is 0 Å². The second kappa shape index (κ2) is 23.3. The number of hydrogen-bond donors (Lipinski definition) is 14. The highest BCUT2D eigenvalue weighted by Gasteiger charge is 2.72. The molecule has 4 saturated carbocycles. The van der Waals surface area contributed by atoms with Gasteiger partial charge < -0.3 is 119 Å². The Labute approximate surface area is 483 Å². The van der Waals surface area contributed by atoms with Crippen LogP contribution in [-0.2, 0) is 52.2 Å². The van der Waals surface area contributed by atoms with Gasteiger partial charge in [0.15, 0.2) is 31.3 Å². The Kier molecular flexibility index (Phi) is 18.0. The number of carbonyl (C=O) groups is 1. The Morgan fingerprint density at radius 1 is 0.554 bits per heavy atom. The highest BCUT2D eigenvalue weighted by Crippen LogP contribution is 2.76. The van der Waals surface area contributed by atoms with E-state index in [2.05, 4.69) is 54.5 Å². The second-order valence-corrected chi connectivity index (χ2v) is 28.3. The average Bonchev–Trinajstić information content (AvgIpc) is 2.08. The lowest BCUT2D eigenvalue weighted by atomic mass is 9.33. The zero-order chi connectivity index (χ0) is 60.6. The number of fused-ring (bicyclic) bond motifs is 7. The van der Waals surface area contributed by atoms with Crippen molar-refractivity contribution < 1.29 is 124 Å². The molecule has 0 aromatic rings. The second-order valence-electron chi connectivity index (χ2n) is 28.3. The molecule has 5 heterocycles. The van der Waals surface area contributed by atoms with Gasteiger partial charge in [0, 0.05) is 0 Å². The number of aliphatic hydroxyl groups excluding tert-OH is 14. The molecule has 10 rings (SSSR count). The van der Waals surface area contributed by atoms with Crippen LogP contribution in [0.4, 0.5) is 0 Å². The Morgan fingerprint density at radius 3 is 1.72 bits per heavy atom. The first-order valence-electron chi connectivity index (χ1n) is 30.0. The van der Waals surface area contributed by atoms with Crippen LogP contribution in [0.5, 0.6) is 0 Å². The molecule has 0 bridgehead atoms. The lowest BCUT2D eigenvalue weighted by Crippen LogP contribution is -2.68. The molecule has 0 amide bonds. The van der Waals surface area contributed by atoms with Crippen LogP contribution >= 0.6 is 0 Å². The van der Waals surface area contributed by atoms with E-state index in [-0.39, 0.29) is 47.5 Å². The fourth-order valence-corrected chi connectivity index (χ4v) is 17.5. The summed E-state index contributed by atoms with van der Waals surface area (Å²) in [4.78, 5) is 15.4. The fourth-order valence-electron chi connectivity index (χ4n) is 17.5. The Balaban J connectivity index is 0.845. The molecule has 5 aliphatic heterocycles. The van der Waals surface area contributed by atoms with Crippen molar-refractivity contribution in [3.05, 3.63) is 11.6 Å². The first-order chi connectivity index (χ1) is 38.8. The van der Waals surface area contributed by atoms with E-state index in [1.807, 2.05) is 0 Å². The van der Waals surface area contributed by atoms with Gasteiger partial charge in [-0.05, 0) is 116 Å². The molecule has 25 heteroatoms. The zero-order valence-corrected chi connectivity index (χ0v) is 49.0. The summed E-state index contributed by atoms with van der Waals surface area (Å²) in [6.45, 7) is 17.2. The average molecular weight is 1190 g/mol. The van der Waals surface area contributed by atoms with Crippen molar-refractivity contribution in [2.24, 2.45) is 50.2 Å². The van der Waals surface area contributed by atoms with E-state index in [1.54, 1.807) is 6.92 Å². The maximum atomic E-state index is 15.4. The van der Waals surface area contributed by atoms with Gasteiger partial charge in [0.05, 0.1) is 44.2 Å². The van der Waals surface area contributed by atoms with Gasteiger partial charge in [0.1, 0.15) is 97.0 Å². The third-order valence-corrected chi connectivity index (χ3v) is 22.7. The first-order valence-corrected chi connectivity index (χ1v) is 30.0. The van der Waals surface area contributed by atoms with Crippen molar-refractivity contribution in [1.29, 1.82) is 0 Å². The molecule has 0 spiro atoms. The molecule has 9 fully saturated rings. The van der Waals surface area contributed by atoms with E-state index >= 15 is 4.79 Å². The van der Waals surface area contributed by atoms with Gasteiger partial charge in [-0.1, -0.05) is 60.1 Å². The van der Waals surface area contributed by atoms with E-state index in [0.29, 0.717) is 25.7 Å². The molecular formula is C58H94O25. The summed E-state index contributed by atoms with van der Waals surface area (Å²) >= 11 is 0. The summed E-state index contributed by atoms with van der Waals surface area (Å²) in [5.41, 5.74) is -2.28. The van der Waals surface area contributed by atoms with E-state index in [4.69, 9.17) is 47.4 Å². The molecule has 5 saturated heterocycles. The molecular weight excluding hydrogens is 1100 g/mol. The highest BCUT2D eigenvalue weighted by atomic mass is 16.8. The molecule has 20 unspecified atom stereocenters. The Morgan fingerprint density at radius 2 is 1.10 bits per heavy atom. The van der Waals surface area contributed by atoms with Crippen LogP contribution in [0.3, 0.4) is 0 Å². The molecule has 476 valence electrons. The van der Waals surface area contributed by atoms with Crippen LogP contribution < -0.4 is 0 Å². The van der Waals surface area contributed by atoms with Crippen LogP contribution in [0.15, 0.2) is 11.6 Å². The summed E-state index contributed by atoms with van der Waals surface area (Å²) in [7, 11) is 0. The van der Waals surface area contributed by atoms with Crippen LogP contribution in [0.2, 0.25) is 0 Å². The summed E-state index contributed by atoms with van der Waals surface area (Å²) in [5.74, 6) is -1.00. The summed E-state index contributed by atoms with van der Waals surface area (Å²) in [6, 6.07) is 0. The predicted molar refractivity (Wildman–Crippen MR) is 282 cm³/mol. The van der Waals surface area contributed by atoms with Crippen LogP contribution in [-0.4, -0.2) is 251 Å². The smallest absolute Gasteiger partial charge is 0.317 e. The SMILES string of the molecule is C[C@@H]1OC(OC2CC[C@@]3(C)C(CC[C@@]4(C)C3CC=C3C5CC(C)(C)CC[C@]5(C(=O)OC5OCC(O)[C@@H](O)[C@@H]5OC5O[C@@H](C)[C@H](O[C@H]6OC(CO)C(O)C(O)C6O)C(O)C5O)C(O)C[C@@]34C)C2(C)C)C(O)C(O)[C@H]1OC1OCC(O)C(O)[C@H]1O. The first kappa shape index (κ1) is 64.3. The van der Waals surface area contributed by atoms with Gasteiger partial charge in [0.2, 0.25) is 6.29 Å². The van der Waals surface area contributed by atoms with Gasteiger partial charge >= 0.3 is 5.97 Å². The number of ether oxygens (including phenoxy) is 10. The van der Waals surface area contributed by atoms with Crippen LogP contribution in [0.25, 0.3) is 0 Å². The number of carbonyl (C=O) groups excluding carboxylic acids is 1. The van der Waals surface area contributed by atoms with E-state index < -0.39 is 195 Å². The quantitative estimate of drug-likeness (QED) is 0.0610.